The van der Waals surface area contributed by atoms with Gasteiger partial charge in [-0.25, -0.2) is 9.67 Å². The van der Waals surface area contributed by atoms with E-state index in [4.69, 9.17) is 19.4 Å². The molecule has 1 saturated carbocycles. The maximum absolute atomic E-state index is 11.3. The number of morpholine rings is 1. The molecule has 3 fully saturated rings. The molecular formula is C29H39N9O4. The van der Waals surface area contributed by atoms with Crippen molar-refractivity contribution in [3.63, 3.8) is 0 Å². The third kappa shape index (κ3) is 6.15. The lowest BCUT2D eigenvalue weighted by atomic mass is 9.85. The standard InChI is InChI=1S/C29H39N9O4/c1-3-21-23(38-11-5-6-19(17-38)16-25(39)40)10-9-22(30-21)26-24(36(2)35-34-26)18-42-29-32-27(20-7-4-8-20)31-28(33-29)37-12-14-41-15-13-37/h9-10,19-20H,3-8,11-18H2,1-2H3,(H,39,40)/t19-/m1/s1. The van der Waals surface area contributed by atoms with E-state index in [0.717, 1.165) is 86.9 Å². The van der Waals surface area contributed by atoms with E-state index in [1.54, 1.807) is 4.68 Å². The molecule has 0 amide bonds. The Labute approximate surface area is 245 Å². The molecule has 224 valence electrons. The molecule has 2 saturated heterocycles. The molecule has 6 rings (SSSR count). The number of carboxylic acids is 1. The third-order valence-electron chi connectivity index (χ3n) is 8.52. The molecule has 3 aliphatic rings. The monoisotopic (exact) mass is 577 g/mol. The average Bonchev–Trinajstić information content (AvgIpc) is 3.35. The number of nitrogens with zero attached hydrogens (tertiary/aromatic N) is 9. The molecule has 3 aromatic rings. The molecule has 1 N–H and O–H groups in total. The molecule has 2 aliphatic heterocycles. The Balaban J connectivity index is 1.22. The Kier molecular flexibility index (Phi) is 8.45. The van der Waals surface area contributed by atoms with Crippen LogP contribution >= 0.6 is 0 Å². The van der Waals surface area contributed by atoms with Crippen molar-refractivity contribution in [3.8, 4) is 17.4 Å². The molecule has 1 atom stereocenters. The first kappa shape index (κ1) is 28.3. The number of pyridine rings is 1. The first-order valence-corrected chi connectivity index (χ1v) is 15.1. The van der Waals surface area contributed by atoms with Crippen molar-refractivity contribution in [1.82, 2.24) is 34.9 Å². The van der Waals surface area contributed by atoms with E-state index in [9.17, 15) is 9.90 Å². The van der Waals surface area contributed by atoms with Crippen molar-refractivity contribution in [2.45, 2.75) is 64.4 Å². The van der Waals surface area contributed by atoms with Crippen LogP contribution in [0.25, 0.3) is 11.4 Å². The fraction of sp³-hybridized carbons (Fsp3) is 0.621. The van der Waals surface area contributed by atoms with E-state index in [2.05, 4.69) is 43.1 Å². The summed E-state index contributed by atoms with van der Waals surface area (Å²) in [6.45, 7) is 6.67. The summed E-state index contributed by atoms with van der Waals surface area (Å²) in [4.78, 5) is 34.8. The van der Waals surface area contributed by atoms with Crippen LogP contribution in [0.5, 0.6) is 6.01 Å². The van der Waals surface area contributed by atoms with Crippen molar-refractivity contribution in [1.29, 1.82) is 0 Å². The smallest absolute Gasteiger partial charge is 0.321 e. The van der Waals surface area contributed by atoms with Gasteiger partial charge in [0.15, 0.2) is 0 Å². The predicted octanol–water partition coefficient (Wildman–Crippen LogP) is 3.00. The van der Waals surface area contributed by atoms with Gasteiger partial charge < -0.3 is 24.4 Å². The topological polar surface area (TPSA) is 145 Å². The van der Waals surface area contributed by atoms with E-state index >= 15 is 0 Å². The number of aromatic nitrogens is 7. The van der Waals surface area contributed by atoms with Crippen LogP contribution in [-0.4, -0.2) is 85.4 Å². The fourth-order valence-electron chi connectivity index (χ4n) is 5.92. The van der Waals surface area contributed by atoms with Crippen molar-refractivity contribution in [2.75, 3.05) is 49.2 Å². The summed E-state index contributed by atoms with van der Waals surface area (Å²) < 4.78 is 13.4. The van der Waals surface area contributed by atoms with Gasteiger partial charge in [0.05, 0.1) is 30.3 Å². The van der Waals surface area contributed by atoms with Gasteiger partial charge in [0, 0.05) is 45.6 Å². The van der Waals surface area contributed by atoms with Crippen LogP contribution < -0.4 is 14.5 Å². The Morgan fingerprint density at radius 3 is 2.62 bits per heavy atom. The number of carbonyl (C=O) groups is 1. The van der Waals surface area contributed by atoms with Gasteiger partial charge in [0.25, 0.3) is 0 Å². The number of anilines is 2. The van der Waals surface area contributed by atoms with Gasteiger partial charge in [-0.3, -0.25) is 4.79 Å². The molecule has 5 heterocycles. The fourth-order valence-corrected chi connectivity index (χ4v) is 5.92. The van der Waals surface area contributed by atoms with Crippen molar-refractivity contribution >= 4 is 17.6 Å². The zero-order valence-electron chi connectivity index (χ0n) is 24.4. The van der Waals surface area contributed by atoms with Gasteiger partial charge in [-0.2, -0.15) is 15.0 Å². The highest BCUT2D eigenvalue weighted by Gasteiger charge is 2.27. The number of rotatable bonds is 10. The Bertz CT molecular complexity index is 1400. The first-order chi connectivity index (χ1) is 20.5. The van der Waals surface area contributed by atoms with Gasteiger partial charge in [-0.15, -0.1) is 5.10 Å². The van der Waals surface area contributed by atoms with Crippen molar-refractivity contribution in [3.05, 3.63) is 29.3 Å². The summed E-state index contributed by atoms with van der Waals surface area (Å²) in [5, 5.41) is 18.0. The highest BCUT2D eigenvalue weighted by atomic mass is 16.5. The molecule has 0 radical (unpaired) electrons. The summed E-state index contributed by atoms with van der Waals surface area (Å²) in [5.74, 6) is 1.19. The minimum Gasteiger partial charge on any atom is -0.481 e. The van der Waals surface area contributed by atoms with E-state index < -0.39 is 5.97 Å². The molecule has 3 aromatic heterocycles. The van der Waals surface area contributed by atoms with Crippen LogP contribution in [0.15, 0.2) is 12.1 Å². The largest absolute Gasteiger partial charge is 0.481 e. The van der Waals surface area contributed by atoms with E-state index in [0.29, 0.717) is 36.8 Å². The van der Waals surface area contributed by atoms with E-state index in [1.165, 1.54) is 6.42 Å². The second kappa shape index (κ2) is 12.6. The van der Waals surface area contributed by atoms with Crippen LogP contribution in [-0.2, 0) is 29.6 Å². The van der Waals surface area contributed by atoms with Crippen LogP contribution in [0.4, 0.5) is 11.6 Å². The third-order valence-corrected chi connectivity index (χ3v) is 8.52. The Morgan fingerprint density at radius 1 is 1.05 bits per heavy atom. The SMILES string of the molecule is CCc1nc(-c2nnn(C)c2COc2nc(C3CCC3)nc(N3CCOCC3)n2)ccc1N1CCC[C@H](CC(=O)O)C1. The number of aryl methyl sites for hydroxylation is 2. The maximum atomic E-state index is 11.3. The van der Waals surface area contributed by atoms with Gasteiger partial charge in [-0.05, 0) is 50.2 Å². The predicted molar refractivity (Wildman–Crippen MR) is 155 cm³/mol. The van der Waals surface area contributed by atoms with Crippen LogP contribution in [0.1, 0.15) is 68.6 Å². The lowest BCUT2D eigenvalue weighted by molar-refractivity contribution is -0.138. The molecule has 13 nitrogen and oxygen atoms in total. The summed E-state index contributed by atoms with van der Waals surface area (Å²) >= 11 is 0. The quantitative estimate of drug-likeness (QED) is 0.378. The Hall–Kier alpha value is -3.87. The second-order valence-corrected chi connectivity index (χ2v) is 11.4. The molecule has 13 heteroatoms. The molecule has 1 aliphatic carbocycles. The van der Waals surface area contributed by atoms with E-state index in [1.807, 2.05) is 13.1 Å². The van der Waals surface area contributed by atoms with Crippen LogP contribution in [0.3, 0.4) is 0 Å². The molecule has 0 unspecified atom stereocenters. The zero-order chi connectivity index (χ0) is 29.1. The average molecular weight is 578 g/mol. The normalized spacial score (nSPS) is 19.5. The Morgan fingerprint density at radius 2 is 1.88 bits per heavy atom. The maximum Gasteiger partial charge on any atom is 0.321 e. The summed E-state index contributed by atoms with van der Waals surface area (Å²) in [5.41, 5.74) is 4.17. The number of hydrogen-bond donors (Lipinski definition) is 1. The molecular weight excluding hydrogens is 538 g/mol. The van der Waals surface area contributed by atoms with Crippen molar-refractivity contribution in [2.24, 2.45) is 13.0 Å². The van der Waals surface area contributed by atoms with Crippen LogP contribution in [0, 0.1) is 5.92 Å². The lowest BCUT2D eigenvalue weighted by Crippen LogP contribution is -2.37. The van der Waals surface area contributed by atoms with Crippen LogP contribution in [0.2, 0.25) is 0 Å². The molecule has 0 aromatic carbocycles. The van der Waals surface area contributed by atoms with Gasteiger partial charge in [-0.1, -0.05) is 18.6 Å². The van der Waals surface area contributed by atoms with Gasteiger partial charge in [0.2, 0.25) is 5.95 Å². The minimum absolute atomic E-state index is 0.147. The molecule has 0 spiro atoms. The summed E-state index contributed by atoms with van der Waals surface area (Å²) in [7, 11) is 1.84. The summed E-state index contributed by atoms with van der Waals surface area (Å²) in [6.07, 6.45) is 6.22. The van der Waals surface area contributed by atoms with E-state index in [-0.39, 0.29) is 18.9 Å². The highest BCUT2D eigenvalue weighted by molar-refractivity contribution is 5.67. The number of piperidine rings is 1. The molecule has 42 heavy (non-hydrogen) atoms. The lowest BCUT2D eigenvalue weighted by Gasteiger charge is -2.34. The van der Waals surface area contributed by atoms with Crippen molar-refractivity contribution < 1.29 is 19.4 Å². The number of carboxylic acid groups (broad SMARTS) is 1. The second-order valence-electron chi connectivity index (χ2n) is 11.4. The first-order valence-electron chi connectivity index (χ1n) is 15.1. The number of hydrogen-bond acceptors (Lipinski definition) is 11. The van der Waals surface area contributed by atoms with Gasteiger partial charge >= 0.3 is 12.0 Å². The number of ether oxygens (including phenoxy) is 2. The highest BCUT2D eigenvalue weighted by Crippen LogP contribution is 2.36. The minimum atomic E-state index is -0.739. The molecule has 0 bridgehead atoms. The zero-order valence-corrected chi connectivity index (χ0v) is 24.4. The van der Waals surface area contributed by atoms with Gasteiger partial charge in [0.1, 0.15) is 23.8 Å². The summed E-state index contributed by atoms with van der Waals surface area (Å²) in [6, 6.07) is 4.35. The number of aliphatic carboxylic acids is 1.